The van der Waals surface area contributed by atoms with Gasteiger partial charge in [-0.05, 0) is 50.5 Å². The molecule has 3 fully saturated rings. The van der Waals surface area contributed by atoms with Crippen molar-refractivity contribution >= 4 is 5.97 Å². The summed E-state index contributed by atoms with van der Waals surface area (Å²) in [6, 6.07) is 10.1. The van der Waals surface area contributed by atoms with Crippen LogP contribution in [0.4, 0.5) is 0 Å². The zero-order valence-electron chi connectivity index (χ0n) is 16.9. The van der Waals surface area contributed by atoms with Gasteiger partial charge in [0.15, 0.2) is 0 Å². The first-order valence-corrected chi connectivity index (χ1v) is 11.0. The Morgan fingerprint density at radius 3 is 2.45 bits per heavy atom. The van der Waals surface area contributed by atoms with Gasteiger partial charge in [-0.1, -0.05) is 30.3 Å². The van der Waals surface area contributed by atoms with Gasteiger partial charge in [0.05, 0.1) is 37.1 Å². The number of esters is 1. The maximum absolute atomic E-state index is 11.3. The summed E-state index contributed by atoms with van der Waals surface area (Å²) in [5.41, 5.74) is 1.16. The molecular formula is C23H32O6. The topological polar surface area (TPSA) is 74.2 Å². The zero-order valence-corrected chi connectivity index (χ0v) is 16.9. The number of hydrogen-bond donors (Lipinski definition) is 1. The second-order valence-corrected chi connectivity index (χ2v) is 8.40. The van der Waals surface area contributed by atoms with Gasteiger partial charge >= 0.3 is 5.97 Å². The zero-order chi connectivity index (χ0) is 20.1. The van der Waals surface area contributed by atoms with Gasteiger partial charge in [0.2, 0.25) is 0 Å². The number of ether oxygens (including phenoxy) is 4. The van der Waals surface area contributed by atoms with Crippen LogP contribution in [0, 0.1) is 0 Å². The van der Waals surface area contributed by atoms with Crippen LogP contribution in [0.3, 0.4) is 0 Å². The summed E-state index contributed by atoms with van der Waals surface area (Å²) in [5, 5.41) is 10.5. The third kappa shape index (κ3) is 5.57. The SMILES string of the molecule is O=C1CC[C@H]([C@H]2CC[C@H]([C@H]3CC[C@H]([C@H](O)CCCOCc4ccccc4)O3)O2)O1. The predicted octanol–water partition coefficient (Wildman–Crippen LogP) is 3.15. The number of carbonyl (C=O) groups excluding carboxylic acids is 1. The highest BCUT2D eigenvalue weighted by Crippen LogP contribution is 2.36. The molecule has 4 rings (SSSR count). The average molecular weight is 405 g/mol. The lowest BCUT2D eigenvalue weighted by Crippen LogP contribution is -2.33. The Morgan fingerprint density at radius 2 is 1.69 bits per heavy atom. The molecule has 160 valence electrons. The van der Waals surface area contributed by atoms with E-state index < -0.39 is 6.10 Å². The Kier molecular flexibility index (Phi) is 7.19. The Bertz CT molecular complexity index is 650. The second-order valence-electron chi connectivity index (χ2n) is 8.40. The molecule has 0 aromatic heterocycles. The van der Waals surface area contributed by atoms with E-state index in [-0.39, 0.29) is 36.5 Å². The third-order valence-electron chi connectivity index (χ3n) is 6.24. The van der Waals surface area contributed by atoms with E-state index in [9.17, 15) is 9.90 Å². The first-order chi connectivity index (χ1) is 14.2. The molecule has 0 amide bonds. The van der Waals surface area contributed by atoms with Crippen molar-refractivity contribution in [3.05, 3.63) is 35.9 Å². The molecule has 0 aliphatic carbocycles. The van der Waals surface area contributed by atoms with Crippen LogP contribution in [0.1, 0.15) is 56.9 Å². The summed E-state index contributed by atoms with van der Waals surface area (Å²) in [7, 11) is 0. The van der Waals surface area contributed by atoms with Crippen LogP contribution in [-0.4, -0.2) is 54.3 Å². The lowest BCUT2D eigenvalue weighted by molar-refractivity contribution is -0.149. The minimum Gasteiger partial charge on any atom is -0.460 e. The molecule has 0 radical (unpaired) electrons. The van der Waals surface area contributed by atoms with Gasteiger partial charge in [-0.3, -0.25) is 4.79 Å². The fourth-order valence-corrected chi connectivity index (χ4v) is 4.64. The van der Waals surface area contributed by atoms with E-state index in [2.05, 4.69) is 0 Å². The molecule has 3 heterocycles. The first-order valence-electron chi connectivity index (χ1n) is 11.0. The number of hydrogen-bond acceptors (Lipinski definition) is 6. The van der Waals surface area contributed by atoms with Crippen LogP contribution in [0.15, 0.2) is 30.3 Å². The molecule has 29 heavy (non-hydrogen) atoms. The molecule has 0 spiro atoms. The molecule has 3 aliphatic heterocycles. The lowest BCUT2D eigenvalue weighted by Gasteiger charge is -2.24. The molecule has 6 atom stereocenters. The van der Waals surface area contributed by atoms with Crippen molar-refractivity contribution in [3.8, 4) is 0 Å². The van der Waals surface area contributed by atoms with Gasteiger partial charge in [-0.25, -0.2) is 0 Å². The van der Waals surface area contributed by atoms with Crippen molar-refractivity contribution in [2.75, 3.05) is 6.61 Å². The summed E-state index contributed by atoms with van der Waals surface area (Å²) in [6.07, 6.45) is 5.76. The van der Waals surface area contributed by atoms with E-state index in [0.29, 0.717) is 26.1 Å². The highest BCUT2D eigenvalue weighted by molar-refractivity contribution is 5.71. The van der Waals surface area contributed by atoms with Gasteiger partial charge in [0, 0.05) is 13.0 Å². The molecule has 3 saturated heterocycles. The fraction of sp³-hybridized carbons (Fsp3) is 0.696. The van der Waals surface area contributed by atoms with Gasteiger partial charge < -0.3 is 24.1 Å². The summed E-state index contributed by atoms with van der Waals surface area (Å²) in [6.45, 7) is 1.24. The van der Waals surface area contributed by atoms with E-state index >= 15 is 0 Å². The van der Waals surface area contributed by atoms with Crippen LogP contribution in [0.2, 0.25) is 0 Å². The molecule has 0 bridgehead atoms. The number of benzene rings is 1. The van der Waals surface area contributed by atoms with Crippen molar-refractivity contribution in [3.63, 3.8) is 0 Å². The summed E-state index contributed by atoms with van der Waals surface area (Å²) in [4.78, 5) is 11.3. The van der Waals surface area contributed by atoms with Crippen molar-refractivity contribution in [1.82, 2.24) is 0 Å². The highest BCUT2D eigenvalue weighted by Gasteiger charge is 2.43. The normalized spacial score (nSPS) is 33.1. The van der Waals surface area contributed by atoms with E-state index in [1.807, 2.05) is 30.3 Å². The Labute approximate surface area is 172 Å². The Morgan fingerprint density at radius 1 is 0.966 bits per heavy atom. The second kappa shape index (κ2) is 10.0. The predicted molar refractivity (Wildman–Crippen MR) is 106 cm³/mol. The van der Waals surface area contributed by atoms with Crippen molar-refractivity contribution in [1.29, 1.82) is 0 Å². The number of cyclic esters (lactones) is 1. The van der Waals surface area contributed by atoms with Gasteiger partial charge in [-0.15, -0.1) is 0 Å². The molecule has 0 unspecified atom stereocenters. The first kappa shape index (κ1) is 20.8. The number of carbonyl (C=O) groups is 1. The minimum absolute atomic E-state index is 0.000729. The third-order valence-corrected chi connectivity index (χ3v) is 6.24. The van der Waals surface area contributed by atoms with E-state index in [0.717, 1.165) is 44.1 Å². The highest BCUT2D eigenvalue weighted by atomic mass is 16.6. The molecule has 3 aliphatic rings. The van der Waals surface area contributed by atoms with Crippen molar-refractivity contribution in [2.24, 2.45) is 0 Å². The lowest BCUT2D eigenvalue weighted by atomic mass is 10.0. The van der Waals surface area contributed by atoms with Crippen LogP contribution in [-0.2, 0) is 30.3 Å². The average Bonchev–Trinajstić information content (AvgIpc) is 3.48. The molecule has 1 aromatic carbocycles. The van der Waals surface area contributed by atoms with E-state index in [4.69, 9.17) is 18.9 Å². The molecular weight excluding hydrogens is 372 g/mol. The van der Waals surface area contributed by atoms with Crippen molar-refractivity contribution < 1.29 is 28.8 Å². The van der Waals surface area contributed by atoms with E-state index in [1.54, 1.807) is 0 Å². The van der Waals surface area contributed by atoms with Crippen LogP contribution >= 0.6 is 0 Å². The smallest absolute Gasteiger partial charge is 0.306 e. The standard InChI is InChI=1S/C23H32O6/c24-17(7-4-14-26-15-16-5-2-1-3-6-16)18-8-9-19(27-18)20-10-11-21(28-20)22-12-13-23(25)29-22/h1-3,5-6,17-22,24H,4,7-15H2/t17-,18-,19-,20-,21-,22-/m1/s1. The Balaban J connectivity index is 1.12. The number of rotatable bonds is 9. The number of aliphatic hydroxyl groups excluding tert-OH is 1. The maximum atomic E-state index is 11.3. The van der Waals surface area contributed by atoms with Crippen molar-refractivity contribution in [2.45, 2.75) is 94.6 Å². The number of aliphatic hydroxyl groups is 1. The van der Waals surface area contributed by atoms with Crippen LogP contribution in [0.25, 0.3) is 0 Å². The molecule has 1 N–H and O–H groups in total. The molecule has 6 heteroatoms. The molecule has 6 nitrogen and oxygen atoms in total. The quantitative estimate of drug-likeness (QED) is 0.503. The van der Waals surface area contributed by atoms with Crippen LogP contribution in [0.5, 0.6) is 0 Å². The molecule has 0 saturated carbocycles. The largest absolute Gasteiger partial charge is 0.460 e. The van der Waals surface area contributed by atoms with Gasteiger partial charge in [-0.2, -0.15) is 0 Å². The Hall–Kier alpha value is -1.47. The minimum atomic E-state index is -0.465. The summed E-state index contributed by atoms with van der Waals surface area (Å²) < 4.78 is 23.3. The summed E-state index contributed by atoms with van der Waals surface area (Å²) in [5.74, 6) is -0.116. The summed E-state index contributed by atoms with van der Waals surface area (Å²) >= 11 is 0. The van der Waals surface area contributed by atoms with Crippen LogP contribution < -0.4 is 0 Å². The van der Waals surface area contributed by atoms with Gasteiger partial charge in [0.1, 0.15) is 6.10 Å². The molecule has 1 aromatic rings. The maximum Gasteiger partial charge on any atom is 0.306 e. The van der Waals surface area contributed by atoms with Gasteiger partial charge in [0.25, 0.3) is 0 Å². The monoisotopic (exact) mass is 404 g/mol. The van der Waals surface area contributed by atoms with E-state index in [1.165, 1.54) is 0 Å². The fourth-order valence-electron chi connectivity index (χ4n) is 4.64.